The van der Waals surface area contributed by atoms with Crippen molar-refractivity contribution in [3.8, 4) is 11.3 Å². The highest BCUT2D eigenvalue weighted by Crippen LogP contribution is 2.38. The number of hydrogen-bond acceptors (Lipinski definition) is 5. The van der Waals surface area contributed by atoms with Crippen LogP contribution in [-0.4, -0.2) is 59.1 Å². The Morgan fingerprint density at radius 3 is 2.53 bits per heavy atom. The van der Waals surface area contributed by atoms with Crippen molar-refractivity contribution in [1.29, 1.82) is 0 Å². The number of carbonyl (C=O) groups excluding carboxylic acids is 1. The molecule has 1 amide bonds. The van der Waals surface area contributed by atoms with Gasteiger partial charge in [-0.25, -0.2) is 0 Å². The fourth-order valence-electron chi connectivity index (χ4n) is 5.20. The Morgan fingerprint density at radius 1 is 1.24 bits per heavy atom. The molecular weight excluding hydrogens is 426 g/mol. The molecule has 0 aliphatic carbocycles. The van der Waals surface area contributed by atoms with E-state index in [0.29, 0.717) is 23.9 Å². The molecule has 1 aliphatic rings. The zero-order valence-electron chi connectivity index (χ0n) is 20.9. The maximum Gasteiger partial charge on any atom is 0.236 e. The quantitative estimate of drug-likeness (QED) is 0.399. The number of likely N-dealkylation sites (N-methyl/N-ethyl adjacent to an activating group) is 1. The largest absolute Gasteiger partial charge is 0.354 e. The Bertz CT molecular complexity index is 1230. The summed E-state index contributed by atoms with van der Waals surface area (Å²) in [5.41, 5.74) is 7.33. The minimum absolute atomic E-state index is 0.220. The second-order valence-corrected chi connectivity index (χ2v) is 10.0. The number of hydrogen-bond donors (Lipinski definition) is 3. The summed E-state index contributed by atoms with van der Waals surface area (Å²) in [5, 5.41) is 5.05. The van der Waals surface area contributed by atoms with E-state index >= 15 is 0 Å². The highest BCUT2D eigenvalue weighted by molar-refractivity contribution is 5.92. The minimum atomic E-state index is 0.220. The van der Waals surface area contributed by atoms with Crippen LogP contribution >= 0.6 is 0 Å². The minimum Gasteiger partial charge on any atom is -0.354 e. The van der Waals surface area contributed by atoms with Crippen molar-refractivity contribution < 1.29 is 4.79 Å². The molecule has 34 heavy (non-hydrogen) atoms. The summed E-state index contributed by atoms with van der Waals surface area (Å²) in [4.78, 5) is 20.0. The summed E-state index contributed by atoms with van der Waals surface area (Å²) in [7, 11) is 3.88. The summed E-state index contributed by atoms with van der Waals surface area (Å²) in [6, 6.07) is 8.85. The number of nitrogens with one attached hydrogen (secondary N) is 1. The SMILES string of the molecule is Cc1cc(-c2[nH]c3ccc(C4CCN(C(=O)CN(C)C)CC4)cc3c2C(C)C)cn(N)/c1=N\N. The van der Waals surface area contributed by atoms with Gasteiger partial charge in [-0.2, -0.15) is 5.10 Å². The molecule has 0 saturated carbocycles. The summed E-state index contributed by atoms with van der Waals surface area (Å²) >= 11 is 0. The lowest BCUT2D eigenvalue weighted by atomic mass is 9.87. The van der Waals surface area contributed by atoms with Crippen LogP contribution in [0.15, 0.2) is 35.6 Å². The van der Waals surface area contributed by atoms with Gasteiger partial charge in [0.25, 0.3) is 0 Å². The van der Waals surface area contributed by atoms with Gasteiger partial charge in [0.2, 0.25) is 5.91 Å². The number of likely N-dealkylation sites (tertiary alicyclic amines) is 1. The van der Waals surface area contributed by atoms with E-state index in [9.17, 15) is 4.79 Å². The molecule has 4 rings (SSSR count). The first-order valence-electron chi connectivity index (χ1n) is 12.0. The third-order valence-corrected chi connectivity index (χ3v) is 6.87. The molecule has 0 bridgehead atoms. The number of rotatable bonds is 5. The number of benzene rings is 1. The van der Waals surface area contributed by atoms with Crippen molar-refractivity contribution in [1.82, 2.24) is 19.5 Å². The van der Waals surface area contributed by atoms with E-state index in [-0.39, 0.29) is 5.91 Å². The molecule has 0 unspecified atom stereocenters. The number of nitrogen functional groups attached to an aromatic ring is 1. The van der Waals surface area contributed by atoms with Gasteiger partial charge in [-0.1, -0.05) is 19.9 Å². The number of pyridine rings is 1. The summed E-state index contributed by atoms with van der Waals surface area (Å²) in [6.07, 6.45) is 3.86. The molecule has 0 spiro atoms. The van der Waals surface area contributed by atoms with Crippen molar-refractivity contribution in [3.63, 3.8) is 0 Å². The van der Waals surface area contributed by atoms with E-state index in [1.54, 1.807) is 0 Å². The van der Waals surface area contributed by atoms with Gasteiger partial charge in [0, 0.05) is 35.8 Å². The molecule has 8 heteroatoms. The van der Waals surface area contributed by atoms with Crippen LogP contribution in [0, 0.1) is 6.92 Å². The van der Waals surface area contributed by atoms with Gasteiger partial charge in [-0.15, -0.1) is 0 Å². The first-order chi connectivity index (χ1) is 16.2. The number of nitrogens with two attached hydrogens (primary N) is 2. The highest BCUT2D eigenvalue weighted by atomic mass is 16.2. The number of aromatic nitrogens is 2. The first kappa shape index (κ1) is 23.9. The zero-order chi connectivity index (χ0) is 24.6. The monoisotopic (exact) mass is 463 g/mol. The maximum absolute atomic E-state index is 12.4. The number of aromatic amines is 1. The van der Waals surface area contributed by atoms with E-state index in [1.807, 2.05) is 37.0 Å². The lowest BCUT2D eigenvalue weighted by molar-refractivity contribution is -0.132. The van der Waals surface area contributed by atoms with E-state index in [2.05, 4.69) is 48.2 Å². The van der Waals surface area contributed by atoms with Crippen molar-refractivity contribution in [2.45, 2.75) is 45.4 Å². The average Bonchev–Trinajstić information content (AvgIpc) is 3.17. The van der Waals surface area contributed by atoms with Gasteiger partial charge in [-0.3, -0.25) is 9.47 Å². The summed E-state index contributed by atoms with van der Waals surface area (Å²) < 4.78 is 1.48. The fourth-order valence-corrected chi connectivity index (χ4v) is 5.20. The van der Waals surface area contributed by atoms with E-state index in [4.69, 9.17) is 11.7 Å². The number of piperidine rings is 1. The normalized spacial score (nSPS) is 15.7. The van der Waals surface area contributed by atoms with Crippen molar-refractivity contribution >= 4 is 16.8 Å². The Kier molecular flexibility index (Phi) is 6.70. The lowest BCUT2D eigenvalue weighted by Crippen LogP contribution is -2.42. The number of carbonyl (C=O) groups is 1. The molecule has 0 radical (unpaired) electrons. The third kappa shape index (κ3) is 4.55. The van der Waals surface area contributed by atoms with Crippen LogP contribution in [0.3, 0.4) is 0 Å². The van der Waals surface area contributed by atoms with Crippen LogP contribution < -0.4 is 17.2 Å². The van der Waals surface area contributed by atoms with Crippen LogP contribution in [-0.2, 0) is 4.79 Å². The van der Waals surface area contributed by atoms with Crippen LogP contribution in [0.4, 0.5) is 0 Å². The molecule has 3 aromatic rings. The third-order valence-electron chi connectivity index (χ3n) is 6.87. The van der Waals surface area contributed by atoms with Crippen LogP contribution in [0.1, 0.15) is 55.2 Å². The van der Waals surface area contributed by atoms with Gasteiger partial charge >= 0.3 is 0 Å². The van der Waals surface area contributed by atoms with Crippen LogP contribution in [0.5, 0.6) is 0 Å². The Balaban J connectivity index is 1.66. The van der Waals surface area contributed by atoms with Gasteiger partial charge in [0.05, 0.1) is 12.2 Å². The molecular formula is C26H37N7O. The van der Waals surface area contributed by atoms with Gasteiger partial charge in [0.15, 0.2) is 5.49 Å². The molecule has 8 nitrogen and oxygen atoms in total. The average molecular weight is 464 g/mol. The molecule has 2 aromatic heterocycles. The maximum atomic E-state index is 12.4. The second kappa shape index (κ2) is 9.54. The summed E-state index contributed by atoms with van der Waals surface area (Å²) in [6.45, 7) is 8.52. The molecule has 182 valence electrons. The molecule has 1 aromatic carbocycles. The second-order valence-electron chi connectivity index (χ2n) is 10.0. The molecule has 1 aliphatic heterocycles. The van der Waals surface area contributed by atoms with Crippen molar-refractivity contribution in [2.24, 2.45) is 10.9 Å². The molecule has 0 atom stereocenters. The zero-order valence-corrected chi connectivity index (χ0v) is 20.9. The highest BCUT2D eigenvalue weighted by Gasteiger charge is 2.25. The molecule has 5 N–H and O–H groups in total. The van der Waals surface area contributed by atoms with Crippen LogP contribution in [0.25, 0.3) is 22.2 Å². The first-order valence-corrected chi connectivity index (χ1v) is 12.0. The smallest absolute Gasteiger partial charge is 0.236 e. The Labute approximate surface area is 201 Å². The number of fused-ring (bicyclic) bond motifs is 1. The predicted octanol–water partition coefficient (Wildman–Crippen LogP) is 2.82. The van der Waals surface area contributed by atoms with E-state index < -0.39 is 0 Å². The number of aryl methyl sites for hydroxylation is 1. The fraction of sp³-hybridized carbons (Fsp3) is 0.462. The lowest BCUT2D eigenvalue weighted by Gasteiger charge is -2.33. The molecule has 1 fully saturated rings. The topological polar surface area (TPSA) is 109 Å². The Morgan fingerprint density at radius 2 is 1.94 bits per heavy atom. The van der Waals surface area contributed by atoms with Gasteiger partial charge in [-0.05, 0) is 80.6 Å². The van der Waals surface area contributed by atoms with Crippen molar-refractivity contribution in [3.05, 3.63) is 52.6 Å². The van der Waals surface area contributed by atoms with Crippen LogP contribution in [0.2, 0.25) is 0 Å². The number of nitrogens with zero attached hydrogens (tertiary/aromatic N) is 4. The van der Waals surface area contributed by atoms with Gasteiger partial charge < -0.3 is 26.5 Å². The molecule has 3 heterocycles. The standard InChI is InChI=1S/C26H37N7O/c1-16(2)24-21-13-19(18-8-10-32(11-9-18)23(34)15-31(4)5)6-7-22(21)29-25(24)20-12-17(3)26(30-27)33(28)14-20/h6-7,12-14,16,18,29H,8-11,15,27-28H2,1-5H3/b30-26-. The predicted molar refractivity (Wildman–Crippen MR) is 138 cm³/mol. The Hall–Kier alpha value is -3.26. The number of H-pyrrole nitrogens is 1. The summed E-state index contributed by atoms with van der Waals surface area (Å²) in [5.74, 6) is 12.7. The van der Waals surface area contributed by atoms with E-state index in [0.717, 1.165) is 48.3 Å². The van der Waals surface area contributed by atoms with E-state index in [1.165, 1.54) is 21.2 Å². The molecule has 1 saturated heterocycles. The van der Waals surface area contributed by atoms with Gasteiger partial charge in [0.1, 0.15) is 0 Å². The number of amides is 1. The van der Waals surface area contributed by atoms with Crippen molar-refractivity contribution in [2.75, 3.05) is 39.6 Å².